The molecule has 1 fully saturated rings. The number of carbonyl (C=O) groups excluding carboxylic acids is 1. The average Bonchev–Trinajstić information content (AvgIpc) is 2.39. The topological polar surface area (TPSA) is 50.4 Å². The molecule has 1 aromatic carbocycles. The van der Waals surface area contributed by atoms with Gasteiger partial charge in [0.1, 0.15) is 5.75 Å². The Morgan fingerprint density at radius 1 is 1.47 bits per heavy atom. The number of hydrogen-bond donors (Lipinski definition) is 2. The van der Waals surface area contributed by atoms with Crippen LogP contribution >= 0.6 is 0 Å². The van der Waals surface area contributed by atoms with Crippen LogP contribution in [0, 0.1) is 6.92 Å². The molecule has 1 amide bonds. The number of aryl methyl sites for hydroxylation is 1. The summed E-state index contributed by atoms with van der Waals surface area (Å²) in [6.45, 7) is 5.07. The highest BCUT2D eigenvalue weighted by atomic mass is 16.5. The highest BCUT2D eigenvalue weighted by molar-refractivity contribution is 5.94. The summed E-state index contributed by atoms with van der Waals surface area (Å²) in [6, 6.07) is 6.29. The van der Waals surface area contributed by atoms with Crippen LogP contribution in [0.3, 0.4) is 0 Å². The van der Waals surface area contributed by atoms with E-state index in [2.05, 4.69) is 17.6 Å². The Balaban J connectivity index is 2.03. The summed E-state index contributed by atoms with van der Waals surface area (Å²) in [4.78, 5) is 12.2. The van der Waals surface area contributed by atoms with E-state index >= 15 is 0 Å². The van der Waals surface area contributed by atoms with Crippen LogP contribution in [0.1, 0.15) is 35.7 Å². The summed E-state index contributed by atoms with van der Waals surface area (Å²) in [5.41, 5.74) is 1.70. The molecule has 2 N–H and O–H groups in total. The van der Waals surface area contributed by atoms with E-state index < -0.39 is 0 Å². The number of benzene rings is 1. The van der Waals surface area contributed by atoms with Gasteiger partial charge in [-0.3, -0.25) is 4.79 Å². The second-order valence-electron chi connectivity index (χ2n) is 5.23. The third-order valence-corrected chi connectivity index (χ3v) is 3.63. The van der Waals surface area contributed by atoms with Crippen molar-refractivity contribution in [3.63, 3.8) is 0 Å². The summed E-state index contributed by atoms with van der Waals surface area (Å²) < 4.78 is 5.25. The lowest BCUT2D eigenvalue weighted by Crippen LogP contribution is -2.46. The molecule has 1 heterocycles. The van der Waals surface area contributed by atoms with Crippen molar-refractivity contribution >= 4 is 5.91 Å². The smallest absolute Gasteiger partial charge is 0.251 e. The van der Waals surface area contributed by atoms with Crippen molar-refractivity contribution in [1.82, 2.24) is 10.6 Å². The van der Waals surface area contributed by atoms with Crippen LogP contribution in [0.5, 0.6) is 5.75 Å². The number of methoxy groups -OCH3 is 1. The molecular formula is C15H22N2O2. The Labute approximate surface area is 114 Å². The van der Waals surface area contributed by atoms with E-state index in [0.717, 1.165) is 30.7 Å². The minimum absolute atomic E-state index is 0.0163. The molecule has 104 valence electrons. The van der Waals surface area contributed by atoms with Gasteiger partial charge in [0.15, 0.2) is 0 Å². The van der Waals surface area contributed by atoms with Crippen LogP contribution in [0.2, 0.25) is 0 Å². The molecule has 2 rings (SSSR count). The van der Waals surface area contributed by atoms with Crippen LogP contribution in [0.15, 0.2) is 18.2 Å². The van der Waals surface area contributed by atoms with Crippen molar-refractivity contribution < 1.29 is 9.53 Å². The monoisotopic (exact) mass is 262 g/mol. The number of nitrogens with one attached hydrogen (secondary N) is 2. The number of piperidine rings is 1. The van der Waals surface area contributed by atoms with E-state index in [1.807, 2.05) is 19.1 Å². The Morgan fingerprint density at radius 2 is 2.26 bits per heavy atom. The fourth-order valence-electron chi connectivity index (χ4n) is 2.49. The molecule has 0 saturated carbocycles. The van der Waals surface area contributed by atoms with Crippen molar-refractivity contribution in [3.8, 4) is 5.75 Å². The normalized spacial score (nSPS) is 22.9. The lowest BCUT2D eigenvalue weighted by Gasteiger charge is -2.28. The zero-order valence-corrected chi connectivity index (χ0v) is 11.8. The third-order valence-electron chi connectivity index (χ3n) is 3.63. The maximum Gasteiger partial charge on any atom is 0.251 e. The number of hydrogen-bond acceptors (Lipinski definition) is 3. The number of amides is 1. The molecule has 0 aliphatic carbocycles. The van der Waals surface area contributed by atoms with Crippen molar-refractivity contribution in [2.45, 2.75) is 38.8 Å². The molecule has 4 nitrogen and oxygen atoms in total. The molecule has 19 heavy (non-hydrogen) atoms. The van der Waals surface area contributed by atoms with Crippen LogP contribution in [-0.4, -0.2) is 31.6 Å². The minimum Gasteiger partial charge on any atom is -0.496 e. The Morgan fingerprint density at radius 3 is 2.95 bits per heavy atom. The van der Waals surface area contributed by atoms with Crippen LogP contribution in [0.4, 0.5) is 0 Å². The maximum atomic E-state index is 12.2. The fraction of sp³-hybridized carbons (Fsp3) is 0.533. The molecular weight excluding hydrogens is 240 g/mol. The van der Waals surface area contributed by atoms with Gasteiger partial charge in [-0.15, -0.1) is 0 Å². The first-order chi connectivity index (χ1) is 9.10. The van der Waals surface area contributed by atoms with Gasteiger partial charge in [-0.05, 0) is 50.9 Å². The number of rotatable bonds is 3. The van der Waals surface area contributed by atoms with E-state index in [4.69, 9.17) is 4.74 Å². The van der Waals surface area contributed by atoms with E-state index in [0.29, 0.717) is 11.6 Å². The van der Waals surface area contributed by atoms with Crippen LogP contribution in [-0.2, 0) is 0 Å². The predicted molar refractivity (Wildman–Crippen MR) is 75.7 cm³/mol. The summed E-state index contributed by atoms with van der Waals surface area (Å²) in [5.74, 6) is 0.740. The summed E-state index contributed by atoms with van der Waals surface area (Å²) in [6.07, 6.45) is 1.97. The summed E-state index contributed by atoms with van der Waals surface area (Å²) >= 11 is 0. The van der Waals surface area contributed by atoms with Gasteiger partial charge in [0.2, 0.25) is 0 Å². The van der Waals surface area contributed by atoms with Gasteiger partial charge in [-0.1, -0.05) is 6.07 Å². The van der Waals surface area contributed by atoms with E-state index in [9.17, 15) is 4.79 Å². The van der Waals surface area contributed by atoms with Gasteiger partial charge in [0.25, 0.3) is 5.91 Å². The highest BCUT2D eigenvalue weighted by Gasteiger charge is 2.20. The predicted octanol–water partition coefficient (Wildman–Crippen LogP) is 1.87. The van der Waals surface area contributed by atoms with Crippen LogP contribution < -0.4 is 15.4 Å². The fourth-order valence-corrected chi connectivity index (χ4v) is 2.49. The molecule has 0 spiro atoms. The zero-order valence-electron chi connectivity index (χ0n) is 11.8. The average molecular weight is 262 g/mol. The minimum atomic E-state index is -0.0163. The first-order valence-corrected chi connectivity index (χ1v) is 6.79. The standard InChI is InChI=1S/C15H22N2O2/c1-10-4-5-12(9-14(10)19-3)15(18)17-13-6-7-16-11(2)8-13/h4-5,9,11,13,16H,6-8H2,1-3H3,(H,17,18). The van der Waals surface area contributed by atoms with Crippen LogP contribution in [0.25, 0.3) is 0 Å². The zero-order chi connectivity index (χ0) is 13.8. The summed E-state index contributed by atoms with van der Waals surface area (Å²) in [5, 5.41) is 6.48. The van der Waals surface area contributed by atoms with Gasteiger partial charge >= 0.3 is 0 Å². The van der Waals surface area contributed by atoms with E-state index in [1.54, 1.807) is 13.2 Å². The Hall–Kier alpha value is -1.55. The second-order valence-corrected chi connectivity index (χ2v) is 5.23. The molecule has 0 bridgehead atoms. The molecule has 2 unspecified atom stereocenters. The first kappa shape index (κ1) is 13.9. The lowest BCUT2D eigenvalue weighted by molar-refractivity contribution is 0.0925. The maximum absolute atomic E-state index is 12.2. The highest BCUT2D eigenvalue weighted by Crippen LogP contribution is 2.19. The van der Waals surface area contributed by atoms with Gasteiger partial charge in [0, 0.05) is 17.6 Å². The van der Waals surface area contributed by atoms with E-state index in [1.165, 1.54) is 0 Å². The van der Waals surface area contributed by atoms with Gasteiger partial charge in [0.05, 0.1) is 7.11 Å². The molecule has 1 saturated heterocycles. The molecule has 0 radical (unpaired) electrons. The molecule has 1 aromatic rings. The third kappa shape index (κ3) is 3.47. The van der Waals surface area contributed by atoms with Gasteiger partial charge in [-0.25, -0.2) is 0 Å². The van der Waals surface area contributed by atoms with Crippen molar-refractivity contribution in [2.24, 2.45) is 0 Å². The summed E-state index contributed by atoms with van der Waals surface area (Å²) in [7, 11) is 1.62. The quantitative estimate of drug-likeness (QED) is 0.874. The van der Waals surface area contributed by atoms with Gasteiger partial charge < -0.3 is 15.4 Å². The first-order valence-electron chi connectivity index (χ1n) is 6.79. The van der Waals surface area contributed by atoms with Crippen molar-refractivity contribution in [3.05, 3.63) is 29.3 Å². The molecule has 1 aliphatic heterocycles. The second kappa shape index (κ2) is 6.06. The Kier molecular flexibility index (Phi) is 4.43. The number of ether oxygens (including phenoxy) is 1. The van der Waals surface area contributed by atoms with Gasteiger partial charge in [-0.2, -0.15) is 0 Å². The molecule has 0 aromatic heterocycles. The molecule has 2 atom stereocenters. The molecule has 4 heteroatoms. The van der Waals surface area contributed by atoms with Crippen molar-refractivity contribution in [1.29, 1.82) is 0 Å². The Bertz CT molecular complexity index is 459. The van der Waals surface area contributed by atoms with E-state index in [-0.39, 0.29) is 11.9 Å². The lowest BCUT2D eigenvalue weighted by atomic mass is 10.00. The molecule has 1 aliphatic rings. The number of carbonyl (C=O) groups is 1. The SMILES string of the molecule is COc1cc(C(=O)NC2CCNC(C)C2)ccc1C. The largest absolute Gasteiger partial charge is 0.496 e. The van der Waals surface area contributed by atoms with Crippen molar-refractivity contribution in [2.75, 3.05) is 13.7 Å².